The summed E-state index contributed by atoms with van der Waals surface area (Å²) in [6.07, 6.45) is 0. The Morgan fingerprint density at radius 2 is 2.44 bits per heavy atom. The first-order valence-electron chi connectivity index (χ1n) is 2.46. The highest BCUT2D eigenvalue weighted by atomic mass is 35.5. The highest BCUT2D eigenvalue weighted by Crippen LogP contribution is 2.11. The SMILES string of the molecule is CN(N)C1=NCCS1.Cl. The van der Waals surface area contributed by atoms with E-state index in [0.717, 1.165) is 17.5 Å². The lowest BCUT2D eigenvalue weighted by Crippen LogP contribution is -2.29. The molecule has 0 saturated heterocycles. The van der Waals surface area contributed by atoms with Crippen molar-refractivity contribution in [3.05, 3.63) is 0 Å². The lowest BCUT2D eigenvalue weighted by Gasteiger charge is -2.08. The fourth-order valence-corrected chi connectivity index (χ4v) is 1.29. The fraction of sp³-hybridized carbons (Fsp3) is 0.750. The van der Waals surface area contributed by atoms with Gasteiger partial charge in [-0.05, 0) is 0 Å². The van der Waals surface area contributed by atoms with Gasteiger partial charge in [0.05, 0.1) is 6.54 Å². The highest BCUT2D eigenvalue weighted by Gasteiger charge is 2.07. The van der Waals surface area contributed by atoms with Crippen molar-refractivity contribution in [2.24, 2.45) is 10.8 Å². The molecule has 0 saturated carbocycles. The predicted octanol–water partition coefficient (Wildman–Crippen LogP) is 0.317. The molecule has 1 rings (SSSR count). The van der Waals surface area contributed by atoms with E-state index >= 15 is 0 Å². The van der Waals surface area contributed by atoms with E-state index in [4.69, 9.17) is 5.84 Å². The number of amidine groups is 1. The molecule has 0 bridgehead atoms. The van der Waals surface area contributed by atoms with Crippen LogP contribution in [0.2, 0.25) is 0 Å². The molecule has 0 radical (unpaired) electrons. The Balaban J connectivity index is 0.000000640. The van der Waals surface area contributed by atoms with E-state index in [9.17, 15) is 0 Å². The summed E-state index contributed by atoms with van der Waals surface area (Å²) in [5, 5.41) is 2.50. The average Bonchev–Trinajstić information content (AvgIpc) is 2.12. The molecule has 5 heteroatoms. The number of halogens is 1. The summed E-state index contributed by atoms with van der Waals surface area (Å²) in [5.41, 5.74) is 0. The molecule has 0 unspecified atom stereocenters. The van der Waals surface area contributed by atoms with Crippen LogP contribution in [0.25, 0.3) is 0 Å². The van der Waals surface area contributed by atoms with Gasteiger partial charge in [0.15, 0.2) is 5.17 Å². The van der Waals surface area contributed by atoms with Gasteiger partial charge in [0, 0.05) is 12.8 Å². The topological polar surface area (TPSA) is 41.6 Å². The molecule has 0 aromatic carbocycles. The zero-order valence-corrected chi connectivity index (χ0v) is 6.84. The monoisotopic (exact) mass is 167 g/mol. The second-order valence-corrected chi connectivity index (χ2v) is 2.69. The van der Waals surface area contributed by atoms with E-state index in [1.807, 2.05) is 0 Å². The van der Waals surface area contributed by atoms with E-state index in [2.05, 4.69) is 4.99 Å². The van der Waals surface area contributed by atoms with Crippen molar-refractivity contribution >= 4 is 29.3 Å². The third-order valence-corrected chi connectivity index (χ3v) is 1.93. The van der Waals surface area contributed by atoms with E-state index < -0.39 is 0 Å². The number of hydrazine groups is 1. The molecular formula is C4H10ClN3S. The molecule has 2 N–H and O–H groups in total. The molecule has 0 aromatic rings. The summed E-state index contributed by atoms with van der Waals surface area (Å²) < 4.78 is 0. The summed E-state index contributed by atoms with van der Waals surface area (Å²) in [5.74, 6) is 6.46. The lowest BCUT2D eigenvalue weighted by molar-refractivity contribution is 0.550. The van der Waals surface area contributed by atoms with Crippen molar-refractivity contribution in [1.29, 1.82) is 0 Å². The van der Waals surface area contributed by atoms with Gasteiger partial charge in [-0.2, -0.15) is 0 Å². The van der Waals surface area contributed by atoms with Crippen molar-refractivity contribution in [1.82, 2.24) is 5.01 Å². The van der Waals surface area contributed by atoms with Crippen LogP contribution in [0.3, 0.4) is 0 Å². The Kier molecular flexibility index (Phi) is 4.01. The van der Waals surface area contributed by atoms with Gasteiger partial charge in [0.25, 0.3) is 0 Å². The Labute approximate surface area is 65.1 Å². The van der Waals surface area contributed by atoms with Gasteiger partial charge in [0.1, 0.15) is 0 Å². The van der Waals surface area contributed by atoms with Gasteiger partial charge < -0.3 is 0 Å². The molecule has 0 amide bonds. The van der Waals surface area contributed by atoms with Gasteiger partial charge in [-0.15, -0.1) is 12.4 Å². The number of thioether (sulfide) groups is 1. The van der Waals surface area contributed by atoms with Crippen LogP contribution in [-0.4, -0.2) is 29.5 Å². The van der Waals surface area contributed by atoms with E-state index in [-0.39, 0.29) is 12.4 Å². The molecule has 0 atom stereocenters. The van der Waals surface area contributed by atoms with Gasteiger partial charge >= 0.3 is 0 Å². The van der Waals surface area contributed by atoms with Crippen LogP contribution in [0.15, 0.2) is 4.99 Å². The maximum absolute atomic E-state index is 5.38. The Bertz CT molecular complexity index is 114. The summed E-state index contributed by atoms with van der Waals surface area (Å²) in [6.45, 7) is 0.918. The van der Waals surface area contributed by atoms with Crippen molar-refractivity contribution in [2.75, 3.05) is 19.3 Å². The van der Waals surface area contributed by atoms with Gasteiger partial charge in [-0.25, -0.2) is 5.84 Å². The summed E-state index contributed by atoms with van der Waals surface area (Å²) in [6, 6.07) is 0. The molecule has 3 nitrogen and oxygen atoms in total. The number of rotatable bonds is 0. The third kappa shape index (κ3) is 2.43. The summed E-state index contributed by atoms with van der Waals surface area (Å²) in [4.78, 5) is 4.12. The third-order valence-electron chi connectivity index (χ3n) is 0.871. The van der Waals surface area contributed by atoms with Crippen LogP contribution in [0.4, 0.5) is 0 Å². The van der Waals surface area contributed by atoms with Gasteiger partial charge in [-0.3, -0.25) is 10.0 Å². The first-order valence-corrected chi connectivity index (χ1v) is 3.45. The molecule has 0 fully saturated rings. The standard InChI is InChI=1S/C4H9N3S.ClH/c1-7(5)4-6-2-3-8-4;/h2-3,5H2,1H3;1H. The van der Waals surface area contributed by atoms with Crippen molar-refractivity contribution in [3.63, 3.8) is 0 Å². The Morgan fingerprint density at radius 1 is 1.78 bits per heavy atom. The zero-order chi connectivity index (χ0) is 5.98. The molecule has 1 heterocycles. The van der Waals surface area contributed by atoms with E-state index in [1.54, 1.807) is 23.8 Å². The quantitative estimate of drug-likeness (QED) is 0.417. The summed E-state index contributed by atoms with van der Waals surface area (Å²) >= 11 is 1.70. The highest BCUT2D eigenvalue weighted by molar-refractivity contribution is 8.14. The Morgan fingerprint density at radius 3 is 2.67 bits per heavy atom. The van der Waals surface area contributed by atoms with E-state index in [1.165, 1.54) is 0 Å². The first kappa shape index (κ1) is 9.07. The second kappa shape index (κ2) is 3.98. The molecule has 54 valence electrons. The smallest absolute Gasteiger partial charge is 0.173 e. The van der Waals surface area contributed by atoms with Crippen LogP contribution in [0, 0.1) is 0 Å². The molecule has 0 aromatic heterocycles. The predicted molar refractivity (Wildman–Crippen MR) is 44.0 cm³/mol. The minimum absolute atomic E-state index is 0. The fourth-order valence-electron chi connectivity index (χ4n) is 0.537. The van der Waals surface area contributed by atoms with Crippen LogP contribution in [-0.2, 0) is 0 Å². The minimum atomic E-state index is 0. The molecule has 0 spiro atoms. The maximum Gasteiger partial charge on any atom is 0.173 e. The first-order chi connectivity index (χ1) is 3.80. The maximum atomic E-state index is 5.38. The summed E-state index contributed by atoms with van der Waals surface area (Å²) in [7, 11) is 1.80. The average molecular weight is 168 g/mol. The number of nitrogens with zero attached hydrogens (tertiary/aromatic N) is 2. The number of hydrogen-bond acceptors (Lipinski definition) is 4. The van der Waals surface area contributed by atoms with Crippen molar-refractivity contribution in [3.8, 4) is 0 Å². The molecular weight excluding hydrogens is 158 g/mol. The zero-order valence-electron chi connectivity index (χ0n) is 5.20. The van der Waals surface area contributed by atoms with Crippen molar-refractivity contribution in [2.45, 2.75) is 0 Å². The second-order valence-electron chi connectivity index (χ2n) is 1.62. The van der Waals surface area contributed by atoms with Crippen LogP contribution >= 0.6 is 24.2 Å². The molecule has 1 aliphatic rings. The minimum Gasteiger partial charge on any atom is -0.293 e. The number of nitrogens with two attached hydrogens (primary N) is 1. The lowest BCUT2D eigenvalue weighted by atomic mass is 10.8. The molecule has 0 aliphatic carbocycles. The number of aliphatic imine (C=N–C) groups is 1. The van der Waals surface area contributed by atoms with Gasteiger partial charge in [0.2, 0.25) is 0 Å². The number of hydrogen-bond donors (Lipinski definition) is 1. The Hall–Kier alpha value is 0.0700. The van der Waals surface area contributed by atoms with Crippen LogP contribution in [0.1, 0.15) is 0 Å². The molecule has 1 aliphatic heterocycles. The molecule has 9 heavy (non-hydrogen) atoms. The van der Waals surface area contributed by atoms with E-state index in [0.29, 0.717) is 0 Å². The normalized spacial score (nSPS) is 16.4. The van der Waals surface area contributed by atoms with Crippen LogP contribution in [0.5, 0.6) is 0 Å². The van der Waals surface area contributed by atoms with Crippen LogP contribution < -0.4 is 5.84 Å². The largest absolute Gasteiger partial charge is 0.293 e. The van der Waals surface area contributed by atoms with Gasteiger partial charge in [-0.1, -0.05) is 11.8 Å². The van der Waals surface area contributed by atoms with Crippen molar-refractivity contribution < 1.29 is 0 Å².